The molecule has 58 heavy (non-hydrogen) atoms. The predicted octanol–water partition coefficient (Wildman–Crippen LogP) is 2.61. The molecule has 0 aliphatic carbocycles. The number of aliphatic hydroxyl groups is 2. The quantitative estimate of drug-likeness (QED) is 0.0898. The SMILES string of the molecule is [2H]C([2H])([2H])N[C@@H](C)C(=O)N[C@@H](CC)C(=O)N1C[C@@H](O)C[C@H]1Cc1c(-c2[nH]c3cc(F)ccc3c2C[C@@H]2C[C@H](O)CN2C(=O)[C@H](CC)NC(=O)[C@H](C)NC([2H])([2H])[2H])[nH]c2cc(F)ccc12. The van der Waals surface area contributed by atoms with Crippen LogP contribution < -0.4 is 21.3 Å². The number of aromatic nitrogens is 2. The second-order valence-electron chi connectivity index (χ2n) is 15.5. The maximum absolute atomic E-state index is 14.8. The summed E-state index contributed by atoms with van der Waals surface area (Å²) in [4.78, 5) is 64.0. The van der Waals surface area contributed by atoms with Gasteiger partial charge < -0.3 is 51.2 Å². The summed E-state index contributed by atoms with van der Waals surface area (Å²) in [6.45, 7) is 0.822. The Balaban J connectivity index is 1.35. The molecule has 4 amide bonds. The van der Waals surface area contributed by atoms with Crippen molar-refractivity contribution < 1.29 is 46.4 Å². The van der Waals surface area contributed by atoms with E-state index in [1.165, 1.54) is 47.9 Å². The van der Waals surface area contributed by atoms with Gasteiger partial charge in [0.15, 0.2) is 0 Å². The van der Waals surface area contributed by atoms with Crippen LogP contribution in [0.3, 0.4) is 0 Å². The Morgan fingerprint density at radius 2 is 1.14 bits per heavy atom. The molecule has 8 N–H and O–H groups in total. The molecule has 2 fully saturated rings. The lowest BCUT2D eigenvalue weighted by Crippen LogP contribution is -2.53. The largest absolute Gasteiger partial charge is 0.391 e. The van der Waals surface area contributed by atoms with Crippen LogP contribution in [0, 0.1) is 11.6 Å². The van der Waals surface area contributed by atoms with E-state index in [0.717, 1.165) is 0 Å². The van der Waals surface area contributed by atoms with Crippen molar-refractivity contribution in [2.24, 2.45) is 0 Å². The van der Waals surface area contributed by atoms with Gasteiger partial charge >= 0.3 is 0 Å². The fourth-order valence-corrected chi connectivity index (χ4v) is 8.29. The molecule has 14 nitrogen and oxygen atoms in total. The number of carbonyl (C=O) groups excluding carboxylic acids is 4. The van der Waals surface area contributed by atoms with E-state index in [4.69, 9.17) is 8.22 Å². The van der Waals surface area contributed by atoms with Crippen molar-refractivity contribution in [1.29, 1.82) is 0 Å². The predicted molar refractivity (Wildman–Crippen MR) is 217 cm³/mol. The van der Waals surface area contributed by atoms with Crippen LogP contribution in [0.2, 0.25) is 0 Å². The number of hydrogen-bond donors (Lipinski definition) is 8. The number of nitrogens with one attached hydrogen (secondary N) is 6. The van der Waals surface area contributed by atoms with E-state index in [0.29, 0.717) is 44.3 Å². The Morgan fingerprint density at radius 1 is 0.741 bits per heavy atom. The van der Waals surface area contributed by atoms with Gasteiger partial charge in [-0.2, -0.15) is 0 Å². The highest BCUT2D eigenvalue weighted by Crippen LogP contribution is 2.40. The van der Waals surface area contributed by atoms with Gasteiger partial charge in [0.25, 0.3) is 0 Å². The molecule has 2 aromatic heterocycles. The molecule has 2 aliphatic heterocycles. The molecule has 0 bridgehead atoms. The van der Waals surface area contributed by atoms with Crippen molar-refractivity contribution in [3.05, 3.63) is 59.2 Å². The fraction of sp³-hybridized carbons (Fsp3) is 0.524. The first kappa shape index (κ1) is 35.1. The number of β-amino-alcohol motifs (C(OH)–C–C–N with tert-alkyl or cyclic N) is 2. The van der Waals surface area contributed by atoms with Gasteiger partial charge in [0, 0.05) is 55.2 Å². The first-order chi connectivity index (χ1) is 30.0. The summed E-state index contributed by atoms with van der Waals surface area (Å²) in [7, 11) is 0. The second kappa shape index (κ2) is 17.9. The summed E-state index contributed by atoms with van der Waals surface area (Å²) in [6.07, 6.45) is -0.943. The maximum atomic E-state index is 14.8. The monoisotopic (exact) mass is 812 g/mol. The van der Waals surface area contributed by atoms with E-state index < -0.39 is 97.7 Å². The van der Waals surface area contributed by atoms with Crippen LogP contribution in [-0.2, 0) is 32.0 Å². The number of benzene rings is 2. The number of halogens is 2. The van der Waals surface area contributed by atoms with Crippen LogP contribution in [-0.4, -0.2) is 129 Å². The summed E-state index contributed by atoms with van der Waals surface area (Å²) in [6, 6.07) is 2.76. The number of aliphatic hydroxyl groups excluding tert-OH is 2. The van der Waals surface area contributed by atoms with Crippen molar-refractivity contribution in [2.45, 2.75) is 115 Å². The Labute approximate surface area is 344 Å². The van der Waals surface area contributed by atoms with Crippen LogP contribution in [0.5, 0.6) is 0 Å². The number of H-pyrrole nitrogens is 2. The molecule has 0 radical (unpaired) electrons. The van der Waals surface area contributed by atoms with Crippen LogP contribution in [0.25, 0.3) is 33.2 Å². The number of fused-ring (bicyclic) bond motifs is 2. The number of aromatic amines is 2. The maximum Gasteiger partial charge on any atom is 0.245 e. The molecule has 314 valence electrons. The number of likely N-dealkylation sites (tertiary alicyclic amines) is 2. The Bertz CT molecular complexity index is 2210. The van der Waals surface area contributed by atoms with Crippen molar-refractivity contribution in [3.8, 4) is 11.4 Å². The molecule has 0 saturated carbocycles. The van der Waals surface area contributed by atoms with Crippen molar-refractivity contribution in [3.63, 3.8) is 0 Å². The molecule has 16 heteroatoms. The lowest BCUT2D eigenvalue weighted by Gasteiger charge is -2.30. The molecule has 0 spiro atoms. The minimum Gasteiger partial charge on any atom is -0.391 e. The molecule has 6 rings (SSSR count). The van der Waals surface area contributed by atoms with Crippen molar-refractivity contribution >= 4 is 45.4 Å². The first-order valence-electron chi connectivity index (χ1n) is 22.7. The Morgan fingerprint density at radius 3 is 1.50 bits per heavy atom. The molecule has 2 saturated heterocycles. The zero-order chi connectivity index (χ0) is 47.0. The van der Waals surface area contributed by atoms with E-state index in [2.05, 4.69) is 31.2 Å². The summed E-state index contributed by atoms with van der Waals surface area (Å²) >= 11 is 0. The second-order valence-corrected chi connectivity index (χ2v) is 15.5. The topological polar surface area (TPSA) is 195 Å². The van der Waals surface area contributed by atoms with Crippen molar-refractivity contribution in [2.75, 3.05) is 27.0 Å². The third-order valence-electron chi connectivity index (χ3n) is 11.5. The lowest BCUT2D eigenvalue weighted by atomic mass is 9.94. The molecule has 2 aliphatic rings. The molecular weight excluding hydrogens is 751 g/mol. The highest BCUT2D eigenvalue weighted by atomic mass is 19.1. The van der Waals surface area contributed by atoms with Crippen LogP contribution in [0.4, 0.5) is 8.78 Å². The number of rotatable bonds is 15. The van der Waals surface area contributed by atoms with Gasteiger partial charge in [-0.3, -0.25) is 19.2 Å². The molecule has 0 unspecified atom stereocenters. The fourth-order valence-electron chi connectivity index (χ4n) is 8.29. The smallest absolute Gasteiger partial charge is 0.245 e. The number of hydrogen-bond acceptors (Lipinski definition) is 8. The van der Waals surface area contributed by atoms with Crippen LogP contribution >= 0.6 is 0 Å². The van der Waals surface area contributed by atoms with Gasteiger partial charge in [-0.15, -0.1) is 0 Å². The third kappa shape index (κ3) is 8.75. The van der Waals surface area contributed by atoms with Crippen LogP contribution in [0.15, 0.2) is 36.4 Å². The number of nitrogens with zero attached hydrogens (tertiary/aromatic N) is 2. The number of likely N-dealkylation sites (N-methyl/N-ethyl adjacent to an activating group) is 2. The van der Waals surface area contributed by atoms with Gasteiger partial charge in [-0.25, -0.2) is 8.78 Å². The van der Waals surface area contributed by atoms with Gasteiger partial charge in [0.05, 0.1) is 35.7 Å². The first-order valence-corrected chi connectivity index (χ1v) is 19.7. The zero-order valence-corrected chi connectivity index (χ0v) is 32.9. The highest BCUT2D eigenvalue weighted by Gasteiger charge is 2.41. The summed E-state index contributed by atoms with van der Waals surface area (Å²) in [5.41, 5.74) is 3.00. The Kier molecular flexibility index (Phi) is 10.8. The van der Waals surface area contributed by atoms with Crippen molar-refractivity contribution in [1.82, 2.24) is 41.0 Å². The average molecular weight is 813 g/mol. The minimum atomic E-state index is -2.60. The van der Waals surface area contributed by atoms with E-state index in [1.54, 1.807) is 26.0 Å². The van der Waals surface area contributed by atoms with Gasteiger partial charge in [-0.05, 0) is 114 Å². The summed E-state index contributed by atoms with van der Waals surface area (Å²) in [5, 5.41) is 32.9. The van der Waals surface area contributed by atoms with E-state index in [1.807, 2.05) is 0 Å². The van der Waals surface area contributed by atoms with Crippen LogP contribution in [0.1, 0.15) is 72.7 Å². The molecule has 2 aromatic carbocycles. The number of carbonyl (C=O) groups is 4. The zero-order valence-electron chi connectivity index (χ0n) is 38.9. The molecule has 4 aromatic rings. The Hall–Kier alpha value is -4.90. The summed E-state index contributed by atoms with van der Waals surface area (Å²) in [5.74, 6) is -3.42. The number of amides is 4. The third-order valence-corrected chi connectivity index (χ3v) is 11.5. The van der Waals surface area contributed by atoms with Gasteiger partial charge in [-0.1, -0.05) is 13.8 Å². The average Bonchev–Trinajstić information content (AvgIpc) is 3.96. The van der Waals surface area contributed by atoms with Gasteiger partial charge in [0.2, 0.25) is 23.6 Å². The highest BCUT2D eigenvalue weighted by molar-refractivity contribution is 5.97. The molecule has 4 heterocycles. The van der Waals surface area contributed by atoms with E-state index >= 15 is 0 Å². The normalized spacial score (nSPS) is 23.7. The minimum absolute atomic E-state index is 0.0515. The standard InChI is InChI=1S/C42H56F2N8O6/c1-7-33(49-39(55)21(3)45-5)41(57)51-19-27(53)15-25(51)17-31-29-11-9-23(43)13-35(29)47-37(31)38-32(30-12-10-24(44)14-36(30)48-38)18-26-16-28(54)20-52(26)42(58)34(8-2)50-40(56)22(4)46-6/h9-14,21-22,25-28,33-34,45-48,53-54H,7-8,15-20H2,1-6H3,(H,49,55)(H,50,56)/t21-,22-,25-,26-,27-,28-,33-,34-/m0/s1/i5D3,6D3. The molecular formula is C42H56F2N8O6. The summed E-state index contributed by atoms with van der Waals surface area (Å²) < 4.78 is 74.4. The van der Waals surface area contributed by atoms with E-state index in [-0.39, 0.29) is 51.6 Å². The lowest BCUT2D eigenvalue weighted by molar-refractivity contribution is -0.138. The van der Waals surface area contributed by atoms with Gasteiger partial charge in [0.1, 0.15) is 23.7 Å². The molecule has 8 atom stereocenters. The van der Waals surface area contributed by atoms with E-state index in [9.17, 15) is 38.2 Å².